The minimum absolute atomic E-state index is 0.190. The van der Waals surface area contributed by atoms with Gasteiger partial charge in [-0.1, -0.05) is 36.4 Å². The van der Waals surface area contributed by atoms with E-state index in [0.717, 1.165) is 24.8 Å². The van der Waals surface area contributed by atoms with Gasteiger partial charge in [0.15, 0.2) is 11.5 Å². The molecule has 0 aliphatic rings. The Labute approximate surface area is 165 Å². The van der Waals surface area contributed by atoms with Crippen LogP contribution < -0.4 is 9.47 Å². The summed E-state index contributed by atoms with van der Waals surface area (Å²) in [6.07, 6.45) is 4.39. The van der Waals surface area contributed by atoms with Gasteiger partial charge in [-0.2, -0.15) is 0 Å². The van der Waals surface area contributed by atoms with Crippen LogP contribution in [0.5, 0.6) is 11.5 Å². The van der Waals surface area contributed by atoms with Gasteiger partial charge in [-0.15, -0.1) is 0 Å². The molecule has 0 fully saturated rings. The maximum Gasteiger partial charge on any atom is 0.308 e. The molecule has 0 saturated carbocycles. The van der Waals surface area contributed by atoms with Crippen LogP contribution in [0.2, 0.25) is 0 Å². The molecule has 2 rings (SSSR count). The number of ether oxygens (including phenoxy) is 2. The average Bonchev–Trinajstić information content (AvgIpc) is 2.65. The summed E-state index contributed by atoms with van der Waals surface area (Å²) in [6.45, 7) is 2.56. The lowest BCUT2D eigenvalue weighted by Gasteiger charge is -2.10. The van der Waals surface area contributed by atoms with Crippen LogP contribution >= 0.6 is 0 Å². The monoisotopic (exact) mass is 382 g/mol. The van der Waals surface area contributed by atoms with E-state index in [1.54, 1.807) is 18.2 Å². The third-order valence-corrected chi connectivity index (χ3v) is 4.22. The van der Waals surface area contributed by atoms with E-state index in [1.165, 1.54) is 19.4 Å². The number of esters is 2. The zero-order chi connectivity index (χ0) is 20.4. The predicted octanol–water partition coefficient (Wildman–Crippen LogP) is 4.45. The van der Waals surface area contributed by atoms with Crippen molar-refractivity contribution in [2.75, 3.05) is 0 Å². The number of rotatable bonds is 10. The van der Waals surface area contributed by atoms with Gasteiger partial charge in [-0.25, -0.2) is 0 Å². The Balaban J connectivity index is 1.81. The number of benzene rings is 2. The summed E-state index contributed by atoms with van der Waals surface area (Å²) in [5.41, 5.74) is 2.14. The molecule has 0 bridgehead atoms. The molecule has 0 radical (unpaired) electrons. The first-order chi connectivity index (χ1) is 13.4. The van der Waals surface area contributed by atoms with Gasteiger partial charge < -0.3 is 9.47 Å². The molecule has 0 saturated heterocycles. The number of hydrogen-bond acceptors (Lipinski definition) is 5. The summed E-state index contributed by atoms with van der Waals surface area (Å²) >= 11 is 0. The molecule has 0 atom stereocenters. The normalized spacial score (nSPS) is 10.4. The fraction of sp³-hybridized carbons (Fsp3) is 0.348. The molecule has 28 heavy (non-hydrogen) atoms. The van der Waals surface area contributed by atoms with Gasteiger partial charge in [0.25, 0.3) is 0 Å². The SMILES string of the molecule is CC(=O)Oc1ccc(CCC(=O)CCCCc2ccccc2)cc1OC(C)=O. The summed E-state index contributed by atoms with van der Waals surface area (Å²) in [6, 6.07) is 15.2. The molecule has 0 spiro atoms. The van der Waals surface area contributed by atoms with Crippen LogP contribution in [0.3, 0.4) is 0 Å². The van der Waals surface area contributed by atoms with Crippen LogP contribution in [0.1, 0.15) is 50.7 Å². The molecule has 0 aliphatic heterocycles. The second kappa shape index (κ2) is 11.0. The molecule has 0 aliphatic carbocycles. The van der Waals surface area contributed by atoms with Crippen molar-refractivity contribution in [3.8, 4) is 11.5 Å². The Bertz CT molecular complexity index is 811. The van der Waals surface area contributed by atoms with Gasteiger partial charge in [0, 0.05) is 26.7 Å². The highest BCUT2D eigenvalue weighted by molar-refractivity contribution is 5.78. The minimum Gasteiger partial charge on any atom is -0.423 e. The molecule has 0 amide bonds. The lowest BCUT2D eigenvalue weighted by molar-refractivity contribution is -0.134. The first kappa shape index (κ1) is 21.4. The Morgan fingerprint density at radius 2 is 1.39 bits per heavy atom. The molecular formula is C23H26O5. The van der Waals surface area contributed by atoms with E-state index >= 15 is 0 Å². The Morgan fingerprint density at radius 3 is 2.07 bits per heavy atom. The van der Waals surface area contributed by atoms with E-state index in [9.17, 15) is 14.4 Å². The minimum atomic E-state index is -0.500. The Hall–Kier alpha value is -2.95. The van der Waals surface area contributed by atoms with E-state index in [1.807, 2.05) is 18.2 Å². The van der Waals surface area contributed by atoms with Crippen LogP contribution in [-0.4, -0.2) is 17.7 Å². The van der Waals surface area contributed by atoms with Crippen molar-refractivity contribution in [2.24, 2.45) is 0 Å². The van der Waals surface area contributed by atoms with Crippen molar-refractivity contribution in [2.45, 2.75) is 52.4 Å². The van der Waals surface area contributed by atoms with E-state index in [2.05, 4.69) is 12.1 Å². The molecule has 5 heteroatoms. The molecule has 0 heterocycles. The van der Waals surface area contributed by atoms with E-state index in [0.29, 0.717) is 19.3 Å². The number of hydrogen-bond donors (Lipinski definition) is 0. The number of ketones is 1. The third kappa shape index (κ3) is 7.74. The molecule has 0 unspecified atom stereocenters. The third-order valence-electron chi connectivity index (χ3n) is 4.22. The summed E-state index contributed by atoms with van der Waals surface area (Å²) in [5.74, 6) is -0.396. The Kier molecular flexibility index (Phi) is 8.40. The smallest absolute Gasteiger partial charge is 0.308 e. The highest BCUT2D eigenvalue weighted by atomic mass is 16.6. The van der Waals surface area contributed by atoms with Crippen molar-refractivity contribution in [3.05, 3.63) is 59.7 Å². The highest BCUT2D eigenvalue weighted by Crippen LogP contribution is 2.29. The first-order valence-corrected chi connectivity index (χ1v) is 9.49. The molecule has 148 valence electrons. The molecular weight excluding hydrogens is 356 g/mol. The average molecular weight is 382 g/mol. The molecule has 0 N–H and O–H groups in total. The maximum atomic E-state index is 12.1. The standard InChI is InChI=1S/C23H26O5/c1-17(24)27-22-15-13-20(16-23(22)28-18(2)25)12-14-21(26)11-7-6-10-19-8-4-3-5-9-19/h3-5,8-9,13,15-16H,6-7,10-12,14H2,1-2H3. The number of unbranched alkanes of at least 4 members (excludes halogenated alkanes) is 1. The van der Waals surface area contributed by atoms with Crippen LogP contribution in [0.25, 0.3) is 0 Å². The van der Waals surface area contributed by atoms with Gasteiger partial charge >= 0.3 is 11.9 Å². The number of Topliss-reactive ketones (excluding diaryl/α,β-unsaturated/α-hetero) is 1. The van der Waals surface area contributed by atoms with Crippen LogP contribution in [0, 0.1) is 0 Å². The molecule has 0 aromatic heterocycles. The second-order valence-corrected chi connectivity index (χ2v) is 6.70. The van der Waals surface area contributed by atoms with E-state index in [-0.39, 0.29) is 17.3 Å². The molecule has 2 aromatic rings. The van der Waals surface area contributed by atoms with E-state index in [4.69, 9.17) is 9.47 Å². The fourth-order valence-electron chi connectivity index (χ4n) is 2.89. The van der Waals surface area contributed by atoms with Crippen LogP contribution in [0.15, 0.2) is 48.5 Å². The van der Waals surface area contributed by atoms with Gasteiger partial charge in [0.1, 0.15) is 5.78 Å². The molecule has 5 nitrogen and oxygen atoms in total. The zero-order valence-electron chi connectivity index (χ0n) is 16.4. The highest BCUT2D eigenvalue weighted by Gasteiger charge is 2.12. The Morgan fingerprint density at radius 1 is 0.714 bits per heavy atom. The lowest BCUT2D eigenvalue weighted by Crippen LogP contribution is -2.08. The van der Waals surface area contributed by atoms with Gasteiger partial charge in [0.2, 0.25) is 0 Å². The van der Waals surface area contributed by atoms with Gasteiger partial charge in [-0.05, 0) is 48.9 Å². The largest absolute Gasteiger partial charge is 0.423 e. The maximum absolute atomic E-state index is 12.1. The number of carbonyl (C=O) groups is 3. The number of aryl methyl sites for hydroxylation is 2. The summed E-state index contributed by atoms with van der Waals surface area (Å²) in [7, 11) is 0. The van der Waals surface area contributed by atoms with Crippen LogP contribution in [0.4, 0.5) is 0 Å². The number of carbonyl (C=O) groups excluding carboxylic acids is 3. The van der Waals surface area contributed by atoms with Crippen molar-refractivity contribution in [3.63, 3.8) is 0 Å². The first-order valence-electron chi connectivity index (χ1n) is 9.49. The van der Waals surface area contributed by atoms with Crippen molar-refractivity contribution in [1.29, 1.82) is 0 Å². The molecule has 2 aromatic carbocycles. The van der Waals surface area contributed by atoms with Gasteiger partial charge in [-0.3, -0.25) is 14.4 Å². The predicted molar refractivity (Wildman–Crippen MR) is 106 cm³/mol. The fourth-order valence-corrected chi connectivity index (χ4v) is 2.89. The van der Waals surface area contributed by atoms with Crippen molar-refractivity contribution in [1.82, 2.24) is 0 Å². The summed E-state index contributed by atoms with van der Waals surface area (Å²) < 4.78 is 10.2. The summed E-state index contributed by atoms with van der Waals surface area (Å²) in [5, 5.41) is 0. The zero-order valence-corrected chi connectivity index (χ0v) is 16.4. The second-order valence-electron chi connectivity index (χ2n) is 6.70. The van der Waals surface area contributed by atoms with Crippen LogP contribution in [-0.2, 0) is 27.2 Å². The quantitative estimate of drug-likeness (QED) is 0.345. The van der Waals surface area contributed by atoms with Gasteiger partial charge in [0.05, 0.1) is 0 Å². The van der Waals surface area contributed by atoms with Crippen molar-refractivity contribution < 1.29 is 23.9 Å². The summed E-state index contributed by atoms with van der Waals surface area (Å²) in [4.78, 5) is 34.6. The van der Waals surface area contributed by atoms with Crippen molar-refractivity contribution >= 4 is 17.7 Å². The lowest BCUT2D eigenvalue weighted by atomic mass is 10.0. The van der Waals surface area contributed by atoms with E-state index < -0.39 is 11.9 Å². The topological polar surface area (TPSA) is 69.7 Å².